The lowest BCUT2D eigenvalue weighted by molar-refractivity contribution is 0.101. The number of benzene rings is 1. The molecule has 20 heavy (non-hydrogen) atoms. The Morgan fingerprint density at radius 2 is 2.00 bits per heavy atom. The number of ketones is 1. The van der Waals surface area contributed by atoms with Gasteiger partial charge in [-0.05, 0) is 31.0 Å². The van der Waals surface area contributed by atoms with Crippen molar-refractivity contribution in [1.82, 2.24) is 4.98 Å². The largest absolute Gasteiger partial charge is 0.355 e. The molecule has 2 heterocycles. The first kappa shape index (κ1) is 12.9. The summed E-state index contributed by atoms with van der Waals surface area (Å²) in [5, 5.41) is 0. The molecule has 3 heteroatoms. The van der Waals surface area contributed by atoms with Crippen LogP contribution in [-0.4, -0.2) is 23.9 Å². The van der Waals surface area contributed by atoms with Gasteiger partial charge in [0, 0.05) is 25.2 Å². The van der Waals surface area contributed by atoms with E-state index in [4.69, 9.17) is 0 Å². The lowest BCUT2D eigenvalue weighted by atomic mass is 9.99. The number of carbonyl (C=O) groups is 1. The molecular formula is C17H18N2O. The van der Waals surface area contributed by atoms with Crippen molar-refractivity contribution < 1.29 is 4.79 Å². The van der Waals surface area contributed by atoms with Crippen LogP contribution in [0.15, 0.2) is 48.7 Å². The zero-order valence-electron chi connectivity index (χ0n) is 11.6. The van der Waals surface area contributed by atoms with Gasteiger partial charge in [0.15, 0.2) is 5.78 Å². The van der Waals surface area contributed by atoms with Gasteiger partial charge in [-0.25, -0.2) is 4.98 Å². The van der Waals surface area contributed by atoms with E-state index in [-0.39, 0.29) is 5.78 Å². The highest BCUT2D eigenvalue weighted by Gasteiger charge is 2.26. The molecule has 1 saturated heterocycles. The molecule has 1 unspecified atom stereocenters. The van der Waals surface area contributed by atoms with Crippen molar-refractivity contribution in [2.45, 2.75) is 19.3 Å². The molecule has 0 saturated carbocycles. The van der Waals surface area contributed by atoms with Crippen LogP contribution in [0.25, 0.3) is 0 Å². The highest BCUT2D eigenvalue weighted by atomic mass is 16.1. The van der Waals surface area contributed by atoms with Crippen molar-refractivity contribution in [1.29, 1.82) is 0 Å². The van der Waals surface area contributed by atoms with Crippen LogP contribution in [0.3, 0.4) is 0 Å². The van der Waals surface area contributed by atoms with E-state index in [1.54, 1.807) is 13.1 Å². The standard InChI is InChI=1S/C17H18N2O/c1-13(20)16-8-5-10-18-17(16)19-11-9-15(12-19)14-6-3-2-4-7-14/h2-8,10,15H,9,11-12H2,1H3. The molecule has 1 aliphatic rings. The fourth-order valence-electron chi connectivity index (χ4n) is 2.87. The Kier molecular flexibility index (Phi) is 3.50. The van der Waals surface area contributed by atoms with Gasteiger partial charge in [0.2, 0.25) is 0 Å². The summed E-state index contributed by atoms with van der Waals surface area (Å²) in [4.78, 5) is 18.4. The molecule has 2 aromatic rings. The number of hydrogen-bond acceptors (Lipinski definition) is 3. The molecule has 1 aliphatic heterocycles. The van der Waals surface area contributed by atoms with Crippen LogP contribution in [0.4, 0.5) is 5.82 Å². The number of Topliss-reactive ketones (excluding diaryl/α,β-unsaturated/α-hetero) is 1. The van der Waals surface area contributed by atoms with Gasteiger partial charge in [0.1, 0.15) is 5.82 Å². The summed E-state index contributed by atoms with van der Waals surface area (Å²) < 4.78 is 0. The second kappa shape index (κ2) is 5.45. The maximum absolute atomic E-state index is 11.7. The number of hydrogen-bond donors (Lipinski definition) is 0. The Hall–Kier alpha value is -2.16. The Morgan fingerprint density at radius 3 is 2.75 bits per heavy atom. The molecule has 0 aliphatic carbocycles. The van der Waals surface area contributed by atoms with Crippen LogP contribution in [0, 0.1) is 0 Å². The average Bonchev–Trinajstić information content (AvgIpc) is 2.98. The van der Waals surface area contributed by atoms with Crippen molar-refractivity contribution >= 4 is 11.6 Å². The zero-order valence-corrected chi connectivity index (χ0v) is 11.6. The number of nitrogens with zero attached hydrogens (tertiary/aromatic N) is 2. The monoisotopic (exact) mass is 266 g/mol. The molecule has 1 fully saturated rings. The molecule has 0 radical (unpaired) electrons. The second-order valence-corrected chi connectivity index (χ2v) is 5.27. The lowest BCUT2D eigenvalue weighted by Gasteiger charge is -2.19. The van der Waals surface area contributed by atoms with Crippen molar-refractivity contribution in [3.8, 4) is 0 Å². The minimum atomic E-state index is 0.0799. The van der Waals surface area contributed by atoms with E-state index in [1.165, 1.54) is 5.56 Å². The third kappa shape index (κ3) is 2.44. The summed E-state index contributed by atoms with van der Waals surface area (Å²) in [6.45, 7) is 3.49. The summed E-state index contributed by atoms with van der Waals surface area (Å²) in [6.07, 6.45) is 2.87. The highest BCUT2D eigenvalue weighted by Crippen LogP contribution is 2.31. The predicted octanol–water partition coefficient (Wildman–Crippen LogP) is 3.28. The van der Waals surface area contributed by atoms with Gasteiger partial charge in [0.05, 0.1) is 5.56 Å². The number of pyridine rings is 1. The number of carbonyl (C=O) groups excluding carboxylic acids is 1. The van der Waals surface area contributed by atoms with Gasteiger partial charge in [-0.15, -0.1) is 0 Å². The maximum atomic E-state index is 11.7. The maximum Gasteiger partial charge on any atom is 0.163 e. The van der Waals surface area contributed by atoms with Crippen LogP contribution >= 0.6 is 0 Å². The van der Waals surface area contributed by atoms with E-state index in [9.17, 15) is 4.79 Å². The van der Waals surface area contributed by atoms with Crippen molar-refractivity contribution in [3.05, 3.63) is 59.8 Å². The average molecular weight is 266 g/mol. The van der Waals surface area contributed by atoms with Gasteiger partial charge >= 0.3 is 0 Å². The Morgan fingerprint density at radius 1 is 1.20 bits per heavy atom. The van der Waals surface area contributed by atoms with E-state index in [0.717, 1.165) is 30.9 Å². The topological polar surface area (TPSA) is 33.2 Å². The van der Waals surface area contributed by atoms with Gasteiger partial charge in [-0.3, -0.25) is 4.79 Å². The molecule has 0 amide bonds. The van der Waals surface area contributed by atoms with E-state index >= 15 is 0 Å². The molecule has 1 atom stereocenters. The third-order valence-corrected chi connectivity index (χ3v) is 3.92. The predicted molar refractivity (Wildman–Crippen MR) is 80.3 cm³/mol. The van der Waals surface area contributed by atoms with Crippen molar-refractivity contribution in [2.75, 3.05) is 18.0 Å². The first-order valence-electron chi connectivity index (χ1n) is 7.01. The molecule has 102 valence electrons. The number of rotatable bonds is 3. The van der Waals surface area contributed by atoms with Gasteiger partial charge < -0.3 is 4.90 Å². The minimum Gasteiger partial charge on any atom is -0.355 e. The fraction of sp³-hybridized carbons (Fsp3) is 0.294. The highest BCUT2D eigenvalue weighted by molar-refractivity contribution is 5.98. The van der Waals surface area contributed by atoms with Crippen LogP contribution in [0.2, 0.25) is 0 Å². The molecule has 1 aromatic carbocycles. The van der Waals surface area contributed by atoms with Gasteiger partial charge in [-0.2, -0.15) is 0 Å². The van der Waals surface area contributed by atoms with Crippen LogP contribution < -0.4 is 4.90 Å². The Bertz CT molecular complexity index is 609. The normalized spacial score (nSPS) is 18.2. The molecule has 1 aromatic heterocycles. The molecule has 0 N–H and O–H groups in total. The van der Waals surface area contributed by atoms with E-state index in [1.807, 2.05) is 18.2 Å². The summed E-state index contributed by atoms with van der Waals surface area (Å²) in [6, 6.07) is 14.3. The van der Waals surface area contributed by atoms with E-state index < -0.39 is 0 Å². The zero-order chi connectivity index (χ0) is 13.9. The lowest BCUT2D eigenvalue weighted by Crippen LogP contribution is -2.22. The Balaban J connectivity index is 1.83. The molecule has 3 nitrogen and oxygen atoms in total. The first-order chi connectivity index (χ1) is 9.75. The first-order valence-corrected chi connectivity index (χ1v) is 7.01. The fourth-order valence-corrected chi connectivity index (χ4v) is 2.87. The van der Waals surface area contributed by atoms with Crippen LogP contribution in [-0.2, 0) is 0 Å². The summed E-state index contributed by atoms with van der Waals surface area (Å²) in [5.74, 6) is 1.44. The smallest absolute Gasteiger partial charge is 0.163 e. The van der Waals surface area contributed by atoms with E-state index in [0.29, 0.717) is 5.92 Å². The van der Waals surface area contributed by atoms with Gasteiger partial charge in [-0.1, -0.05) is 30.3 Å². The summed E-state index contributed by atoms with van der Waals surface area (Å²) in [7, 11) is 0. The molecular weight excluding hydrogens is 248 g/mol. The van der Waals surface area contributed by atoms with Gasteiger partial charge in [0.25, 0.3) is 0 Å². The van der Waals surface area contributed by atoms with Crippen molar-refractivity contribution in [2.24, 2.45) is 0 Å². The van der Waals surface area contributed by atoms with Crippen LogP contribution in [0.1, 0.15) is 35.2 Å². The third-order valence-electron chi connectivity index (χ3n) is 3.92. The van der Waals surface area contributed by atoms with Crippen molar-refractivity contribution in [3.63, 3.8) is 0 Å². The number of aromatic nitrogens is 1. The number of anilines is 1. The summed E-state index contributed by atoms with van der Waals surface area (Å²) in [5.41, 5.74) is 2.09. The minimum absolute atomic E-state index is 0.0799. The summed E-state index contributed by atoms with van der Waals surface area (Å²) >= 11 is 0. The SMILES string of the molecule is CC(=O)c1cccnc1N1CCC(c2ccccc2)C1. The Labute approximate surface area is 119 Å². The second-order valence-electron chi connectivity index (χ2n) is 5.27. The van der Waals surface area contributed by atoms with Crippen LogP contribution in [0.5, 0.6) is 0 Å². The molecule has 0 spiro atoms. The molecule has 0 bridgehead atoms. The molecule has 3 rings (SSSR count). The quantitative estimate of drug-likeness (QED) is 0.799. The van der Waals surface area contributed by atoms with E-state index in [2.05, 4.69) is 34.1 Å².